The van der Waals surface area contributed by atoms with E-state index in [1.54, 1.807) is 13.2 Å². The Kier molecular flexibility index (Phi) is 3.62. The molecule has 2 aromatic rings. The van der Waals surface area contributed by atoms with Crippen molar-refractivity contribution in [1.29, 1.82) is 0 Å². The maximum Gasteiger partial charge on any atom is 0.213 e. The van der Waals surface area contributed by atoms with Gasteiger partial charge < -0.3 is 15.2 Å². The molecule has 0 aliphatic rings. The summed E-state index contributed by atoms with van der Waals surface area (Å²) in [5.41, 5.74) is 6.60. The zero-order chi connectivity index (χ0) is 13.0. The highest BCUT2D eigenvalue weighted by Crippen LogP contribution is 2.22. The molecule has 0 saturated carbocycles. The van der Waals surface area contributed by atoms with Crippen molar-refractivity contribution in [1.82, 2.24) is 4.98 Å². The first kappa shape index (κ1) is 12.2. The van der Waals surface area contributed by atoms with Crippen LogP contribution in [-0.2, 0) is 6.61 Å². The lowest BCUT2D eigenvalue weighted by Crippen LogP contribution is -2.01. The molecule has 0 atom stereocenters. The molecule has 2 N–H and O–H groups in total. The number of hydrogen-bond donors (Lipinski definition) is 1. The molecule has 0 unspecified atom stereocenters. The van der Waals surface area contributed by atoms with Crippen molar-refractivity contribution in [3.8, 4) is 11.6 Å². The molecule has 4 nitrogen and oxygen atoms in total. The van der Waals surface area contributed by atoms with Gasteiger partial charge in [0.2, 0.25) is 5.88 Å². The third kappa shape index (κ3) is 2.88. The van der Waals surface area contributed by atoms with Crippen LogP contribution < -0.4 is 15.2 Å². The van der Waals surface area contributed by atoms with Gasteiger partial charge in [0.15, 0.2) is 0 Å². The zero-order valence-corrected chi connectivity index (χ0v) is 9.89. The second-order valence-corrected chi connectivity index (χ2v) is 3.64. The number of aromatic nitrogens is 1. The fourth-order valence-corrected chi connectivity index (χ4v) is 1.45. The van der Waals surface area contributed by atoms with E-state index in [-0.39, 0.29) is 18.1 Å². The second kappa shape index (κ2) is 5.35. The van der Waals surface area contributed by atoms with Crippen molar-refractivity contribution in [2.45, 2.75) is 6.61 Å². The molecule has 94 valence electrons. The first-order valence-corrected chi connectivity index (χ1v) is 5.37. The summed E-state index contributed by atoms with van der Waals surface area (Å²) >= 11 is 0. The van der Waals surface area contributed by atoms with Crippen molar-refractivity contribution in [3.63, 3.8) is 0 Å². The molecule has 0 fully saturated rings. The number of pyridine rings is 1. The molecule has 1 aromatic heterocycles. The van der Waals surface area contributed by atoms with E-state index in [4.69, 9.17) is 15.2 Å². The minimum Gasteiger partial charge on any atom is -0.485 e. The Hall–Kier alpha value is -2.30. The van der Waals surface area contributed by atoms with Gasteiger partial charge in [-0.05, 0) is 18.2 Å². The van der Waals surface area contributed by atoms with Crippen LogP contribution in [0.25, 0.3) is 0 Å². The minimum absolute atomic E-state index is 0.243. The van der Waals surface area contributed by atoms with E-state index in [9.17, 15) is 4.39 Å². The molecule has 2 rings (SSSR count). The first-order valence-electron chi connectivity index (χ1n) is 5.37. The Labute approximate surface area is 104 Å². The van der Waals surface area contributed by atoms with Gasteiger partial charge in [0, 0.05) is 12.1 Å². The highest BCUT2D eigenvalue weighted by atomic mass is 19.1. The molecule has 0 aliphatic carbocycles. The lowest BCUT2D eigenvalue weighted by Gasteiger charge is -2.09. The van der Waals surface area contributed by atoms with E-state index in [2.05, 4.69) is 4.98 Å². The number of nitrogens with zero attached hydrogens (tertiary/aromatic N) is 1. The van der Waals surface area contributed by atoms with Crippen LogP contribution >= 0.6 is 0 Å². The van der Waals surface area contributed by atoms with E-state index in [0.717, 1.165) is 0 Å². The predicted molar refractivity (Wildman–Crippen MR) is 65.9 cm³/mol. The maximum atomic E-state index is 12.8. The number of halogens is 1. The maximum absolute atomic E-state index is 12.8. The van der Waals surface area contributed by atoms with Crippen LogP contribution in [-0.4, -0.2) is 12.1 Å². The van der Waals surface area contributed by atoms with Gasteiger partial charge in [-0.15, -0.1) is 0 Å². The normalized spacial score (nSPS) is 10.1. The number of nitrogen functional groups attached to an aromatic ring is 1. The molecule has 5 heteroatoms. The Balaban J connectivity index is 2.06. The molecule has 0 saturated heterocycles. The standard InChI is InChI=1S/C13H13FN2O2/c1-17-13-4-2-3-10(16-13)8-18-12-6-5-9(14)7-11(12)15/h2-7H,8,15H2,1H3. The van der Waals surface area contributed by atoms with Crippen LogP contribution in [0.5, 0.6) is 11.6 Å². The van der Waals surface area contributed by atoms with Gasteiger partial charge in [-0.25, -0.2) is 9.37 Å². The number of ether oxygens (including phenoxy) is 2. The van der Waals surface area contributed by atoms with Crippen LogP contribution in [0.3, 0.4) is 0 Å². The molecule has 0 spiro atoms. The van der Waals surface area contributed by atoms with Crippen LogP contribution in [0.4, 0.5) is 10.1 Å². The van der Waals surface area contributed by atoms with Crippen molar-refractivity contribution in [2.75, 3.05) is 12.8 Å². The third-order valence-corrected chi connectivity index (χ3v) is 2.34. The van der Waals surface area contributed by atoms with E-state index in [0.29, 0.717) is 17.3 Å². The molecule has 1 heterocycles. The average molecular weight is 248 g/mol. The number of benzene rings is 1. The molecular weight excluding hydrogens is 235 g/mol. The summed E-state index contributed by atoms with van der Waals surface area (Å²) in [6, 6.07) is 9.38. The fourth-order valence-electron chi connectivity index (χ4n) is 1.45. The Morgan fingerprint density at radius 2 is 2.11 bits per heavy atom. The smallest absolute Gasteiger partial charge is 0.213 e. The highest BCUT2D eigenvalue weighted by Gasteiger charge is 2.03. The summed E-state index contributed by atoms with van der Waals surface area (Å²) in [7, 11) is 1.55. The molecule has 0 aliphatic heterocycles. The molecule has 0 bridgehead atoms. The first-order chi connectivity index (χ1) is 8.69. The summed E-state index contributed by atoms with van der Waals surface area (Å²) in [5.74, 6) is 0.559. The zero-order valence-electron chi connectivity index (χ0n) is 9.89. The lowest BCUT2D eigenvalue weighted by molar-refractivity contribution is 0.299. The number of rotatable bonds is 4. The monoisotopic (exact) mass is 248 g/mol. The van der Waals surface area contributed by atoms with E-state index in [1.165, 1.54) is 18.2 Å². The number of hydrogen-bond acceptors (Lipinski definition) is 4. The molecule has 1 aromatic carbocycles. The van der Waals surface area contributed by atoms with Crippen molar-refractivity contribution < 1.29 is 13.9 Å². The molecule has 18 heavy (non-hydrogen) atoms. The summed E-state index contributed by atoms with van der Waals surface area (Å²) in [6.07, 6.45) is 0. The summed E-state index contributed by atoms with van der Waals surface area (Å²) in [6.45, 7) is 0.243. The molecular formula is C13H13FN2O2. The highest BCUT2D eigenvalue weighted by molar-refractivity contribution is 5.52. The van der Waals surface area contributed by atoms with Crippen molar-refractivity contribution in [3.05, 3.63) is 47.9 Å². The third-order valence-electron chi connectivity index (χ3n) is 2.34. The Bertz CT molecular complexity index is 546. The van der Waals surface area contributed by atoms with Gasteiger partial charge in [0.05, 0.1) is 18.5 Å². The second-order valence-electron chi connectivity index (χ2n) is 3.64. The number of methoxy groups -OCH3 is 1. The molecule has 0 amide bonds. The molecule has 0 radical (unpaired) electrons. The van der Waals surface area contributed by atoms with Gasteiger partial charge in [-0.1, -0.05) is 6.07 Å². The number of nitrogens with two attached hydrogens (primary N) is 1. The fraction of sp³-hybridized carbons (Fsp3) is 0.154. The minimum atomic E-state index is -0.389. The average Bonchev–Trinajstić information content (AvgIpc) is 2.38. The Morgan fingerprint density at radius 1 is 1.28 bits per heavy atom. The SMILES string of the molecule is COc1cccc(COc2ccc(F)cc2N)n1. The Morgan fingerprint density at radius 3 is 2.83 bits per heavy atom. The predicted octanol–water partition coefficient (Wildman–Crippen LogP) is 2.39. The quantitative estimate of drug-likeness (QED) is 0.844. The topological polar surface area (TPSA) is 57.4 Å². The van der Waals surface area contributed by atoms with Crippen LogP contribution in [0.1, 0.15) is 5.69 Å². The lowest BCUT2D eigenvalue weighted by atomic mass is 10.3. The van der Waals surface area contributed by atoms with Gasteiger partial charge in [0.1, 0.15) is 18.2 Å². The van der Waals surface area contributed by atoms with Gasteiger partial charge in [-0.3, -0.25) is 0 Å². The number of anilines is 1. The van der Waals surface area contributed by atoms with Crippen molar-refractivity contribution in [2.24, 2.45) is 0 Å². The summed E-state index contributed by atoms with van der Waals surface area (Å²) in [5, 5.41) is 0. The van der Waals surface area contributed by atoms with Crippen LogP contribution in [0, 0.1) is 5.82 Å². The largest absolute Gasteiger partial charge is 0.485 e. The van der Waals surface area contributed by atoms with Gasteiger partial charge >= 0.3 is 0 Å². The van der Waals surface area contributed by atoms with E-state index < -0.39 is 0 Å². The van der Waals surface area contributed by atoms with Gasteiger partial charge in [0.25, 0.3) is 0 Å². The van der Waals surface area contributed by atoms with Crippen LogP contribution in [0.2, 0.25) is 0 Å². The summed E-state index contributed by atoms with van der Waals surface area (Å²) in [4.78, 5) is 4.19. The van der Waals surface area contributed by atoms with Crippen LogP contribution in [0.15, 0.2) is 36.4 Å². The van der Waals surface area contributed by atoms with E-state index >= 15 is 0 Å². The van der Waals surface area contributed by atoms with Gasteiger partial charge in [-0.2, -0.15) is 0 Å². The summed E-state index contributed by atoms with van der Waals surface area (Å²) < 4.78 is 23.3. The van der Waals surface area contributed by atoms with E-state index in [1.807, 2.05) is 12.1 Å². The van der Waals surface area contributed by atoms with Crippen molar-refractivity contribution >= 4 is 5.69 Å².